The molecule has 1 N–H and O–H groups in total. The van der Waals surface area contributed by atoms with Gasteiger partial charge in [-0.25, -0.2) is 4.79 Å². The zero-order valence-corrected chi connectivity index (χ0v) is 14.4. The number of amides is 1. The van der Waals surface area contributed by atoms with Gasteiger partial charge >= 0.3 is 5.63 Å². The second-order valence-electron chi connectivity index (χ2n) is 5.96. The van der Waals surface area contributed by atoms with Crippen LogP contribution in [-0.4, -0.2) is 13.0 Å². The van der Waals surface area contributed by atoms with Gasteiger partial charge in [-0.15, -0.1) is 0 Å². The number of hydrogen-bond donors (Lipinski definition) is 1. The van der Waals surface area contributed by atoms with Crippen molar-refractivity contribution in [1.29, 1.82) is 0 Å². The van der Waals surface area contributed by atoms with Crippen molar-refractivity contribution in [3.8, 4) is 5.75 Å². The minimum Gasteiger partial charge on any atom is -0.497 e. The minimum atomic E-state index is -0.423. The highest BCUT2D eigenvalue weighted by atomic mass is 16.5. The average molecular weight is 337 g/mol. The standard InChI is InChI=1S/C20H19NO4/c1-12-8-13(2)19-17(9-12)15(10-18(22)25-19)11-21-20(23)14-4-6-16(24-3)7-5-14/h4-10H,11H2,1-3H3,(H,21,23). The number of aryl methyl sites for hydroxylation is 2. The highest BCUT2D eigenvalue weighted by molar-refractivity contribution is 5.94. The number of nitrogens with one attached hydrogen (secondary N) is 1. The lowest BCUT2D eigenvalue weighted by Crippen LogP contribution is -2.23. The van der Waals surface area contributed by atoms with E-state index in [1.165, 1.54) is 6.07 Å². The molecular weight excluding hydrogens is 318 g/mol. The maximum absolute atomic E-state index is 12.3. The predicted octanol–water partition coefficient (Wildman–Crippen LogP) is 3.35. The van der Waals surface area contributed by atoms with Gasteiger partial charge in [-0.3, -0.25) is 4.79 Å². The lowest BCUT2D eigenvalue weighted by atomic mass is 10.0. The average Bonchev–Trinajstić information content (AvgIpc) is 2.60. The summed E-state index contributed by atoms with van der Waals surface area (Å²) in [6.07, 6.45) is 0. The molecule has 128 valence electrons. The van der Waals surface area contributed by atoms with Crippen LogP contribution in [0.2, 0.25) is 0 Å². The van der Waals surface area contributed by atoms with Gasteiger partial charge in [-0.2, -0.15) is 0 Å². The maximum atomic E-state index is 12.3. The number of rotatable bonds is 4. The van der Waals surface area contributed by atoms with Crippen molar-refractivity contribution in [2.24, 2.45) is 0 Å². The molecule has 5 nitrogen and oxygen atoms in total. The van der Waals surface area contributed by atoms with E-state index in [0.29, 0.717) is 16.9 Å². The summed E-state index contributed by atoms with van der Waals surface area (Å²) < 4.78 is 10.4. The van der Waals surface area contributed by atoms with Gasteiger partial charge in [0.15, 0.2) is 0 Å². The second kappa shape index (κ2) is 6.81. The van der Waals surface area contributed by atoms with Crippen LogP contribution in [0.15, 0.2) is 51.7 Å². The molecule has 0 unspecified atom stereocenters. The second-order valence-corrected chi connectivity index (χ2v) is 5.96. The van der Waals surface area contributed by atoms with Crippen LogP contribution in [0.3, 0.4) is 0 Å². The molecule has 1 aromatic heterocycles. The summed E-state index contributed by atoms with van der Waals surface area (Å²) in [6, 6.07) is 12.2. The predicted molar refractivity (Wildman–Crippen MR) is 96.1 cm³/mol. The normalized spacial score (nSPS) is 10.7. The zero-order valence-electron chi connectivity index (χ0n) is 14.4. The lowest BCUT2D eigenvalue weighted by Gasteiger charge is -2.10. The minimum absolute atomic E-state index is 0.214. The van der Waals surface area contributed by atoms with E-state index in [1.807, 2.05) is 26.0 Å². The molecule has 0 saturated heterocycles. The van der Waals surface area contributed by atoms with Crippen molar-refractivity contribution in [2.45, 2.75) is 20.4 Å². The van der Waals surface area contributed by atoms with Crippen LogP contribution in [0, 0.1) is 13.8 Å². The van der Waals surface area contributed by atoms with E-state index >= 15 is 0 Å². The van der Waals surface area contributed by atoms with E-state index in [2.05, 4.69) is 5.32 Å². The number of ether oxygens (including phenoxy) is 1. The van der Waals surface area contributed by atoms with Crippen LogP contribution < -0.4 is 15.7 Å². The zero-order chi connectivity index (χ0) is 18.0. The van der Waals surface area contributed by atoms with Crippen molar-refractivity contribution in [2.75, 3.05) is 7.11 Å². The lowest BCUT2D eigenvalue weighted by molar-refractivity contribution is 0.0951. The molecule has 3 aromatic rings. The Bertz CT molecular complexity index is 987. The SMILES string of the molecule is COc1ccc(C(=O)NCc2cc(=O)oc3c(C)cc(C)cc23)cc1. The van der Waals surface area contributed by atoms with Crippen LogP contribution in [0.1, 0.15) is 27.0 Å². The van der Waals surface area contributed by atoms with Gasteiger partial charge in [-0.1, -0.05) is 6.07 Å². The maximum Gasteiger partial charge on any atom is 0.336 e. The van der Waals surface area contributed by atoms with E-state index < -0.39 is 5.63 Å². The van der Waals surface area contributed by atoms with Gasteiger partial charge in [-0.05, 0) is 60.9 Å². The molecule has 0 aliphatic heterocycles. The third-order valence-electron chi connectivity index (χ3n) is 4.05. The summed E-state index contributed by atoms with van der Waals surface area (Å²) in [5.74, 6) is 0.475. The first-order valence-corrected chi connectivity index (χ1v) is 7.94. The van der Waals surface area contributed by atoms with Gasteiger partial charge in [0.05, 0.1) is 7.11 Å². The molecule has 1 heterocycles. The molecular formula is C20H19NO4. The first-order valence-electron chi connectivity index (χ1n) is 7.94. The Hall–Kier alpha value is -3.08. The first kappa shape index (κ1) is 16.8. The summed E-state index contributed by atoms with van der Waals surface area (Å²) in [5.41, 5.74) is 3.37. The number of methoxy groups -OCH3 is 1. The topological polar surface area (TPSA) is 68.5 Å². The molecule has 0 aliphatic carbocycles. The largest absolute Gasteiger partial charge is 0.497 e. The highest BCUT2D eigenvalue weighted by Gasteiger charge is 2.11. The molecule has 0 fully saturated rings. The van der Waals surface area contributed by atoms with Crippen molar-refractivity contribution in [3.63, 3.8) is 0 Å². The summed E-state index contributed by atoms with van der Waals surface area (Å²) >= 11 is 0. The van der Waals surface area contributed by atoms with Gasteiger partial charge < -0.3 is 14.5 Å². The molecule has 3 rings (SSSR count). The summed E-state index contributed by atoms with van der Waals surface area (Å²) in [4.78, 5) is 24.2. The van der Waals surface area contributed by atoms with Gasteiger partial charge in [0.25, 0.3) is 5.91 Å². The Morgan fingerprint density at radius 1 is 1.12 bits per heavy atom. The first-order chi connectivity index (χ1) is 12.0. The fourth-order valence-electron chi connectivity index (χ4n) is 2.84. The fourth-order valence-corrected chi connectivity index (χ4v) is 2.84. The molecule has 25 heavy (non-hydrogen) atoms. The smallest absolute Gasteiger partial charge is 0.336 e. The monoisotopic (exact) mass is 337 g/mol. The van der Waals surface area contributed by atoms with E-state index in [0.717, 1.165) is 22.1 Å². The molecule has 0 atom stereocenters. The number of carbonyl (C=O) groups is 1. The number of fused-ring (bicyclic) bond motifs is 1. The van der Waals surface area contributed by atoms with Crippen molar-refractivity contribution in [3.05, 3.63) is 75.1 Å². The molecule has 0 radical (unpaired) electrons. The Morgan fingerprint density at radius 2 is 1.84 bits per heavy atom. The number of carbonyl (C=O) groups excluding carboxylic acids is 1. The van der Waals surface area contributed by atoms with Gasteiger partial charge in [0, 0.05) is 23.6 Å². The fraction of sp³-hybridized carbons (Fsp3) is 0.200. The molecule has 0 saturated carbocycles. The van der Waals surface area contributed by atoms with E-state index in [9.17, 15) is 9.59 Å². The quantitative estimate of drug-likeness (QED) is 0.741. The van der Waals surface area contributed by atoms with E-state index in [1.54, 1.807) is 31.4 Å². The Kier molecular flexibility index (Phi) is 4.57. The molecule has 0 bridgehead atoms. The number of benzene rings is 2. The Morgan fingerprint density at radius 3 is 2.52 bits per heavy atom. The number of hydrogen-bond acceptors (Lipinski definition) is 4. The van der Waals surface area contributed by atoms with Crippen LogP contribution in [0.4, 0.5) is 0 Å². The van der Waals surface area contributed by atoms with Crippen LogP contribution in [0.25, 0.3) is 11.0 Å². The van der Waals surface area contributed by atoms with Crippen LogP contribution in [0.5, 0.6) is 5.75 Å². The van der Waals surface area contributed by atoms with Crippen LogP contribution >= 0.6 is 0 Å². The third kappa shape index (κ3) is 3.55. The summed E-state index contributed by atoms with van der Waals surface area (Å²) in [5, 5.41) is 3.69. The van der Waals surface area contributed by atoms with Gasteiger partial charge in [0.1, 0.15) is 11.3 Å². The van der Waals surface area contributed by atoms with E-state index in [4.69, 9.17) is 9.15 Å². The van der Waals surface area contributed by atoms with Gasteiger partial charge in [0.2, 0.25) is 0 Å². The Labute approximate surface area is 145 Å². The van der Waals surface area contributed by atoms with Crippen molar-refractivity contribution in [1.82, 2.24) is 5.32 Å². The molecule has 2 aromatic carbocycles. The van der Waals surface area contributed by atoms with Crippen LogP contribution in [-0.2, 0) is 6.54 Å². The molecule has 1 amide bonds. The third-order valence-corrected chi connectivity index (χ3v) is 4.05. The molecule has 0 spiro atoms. The highest BCUT2D eigenvalue weighted by Crippen LogP contribution is 2.22. The summed E-state index contributed by atoms with van der Waals surface area (Å²) in [6.45, 7) is 4.13. The van der Waals surface area contributed by atoms with Crippen molar-refractivity contribution >= 4 is 16.9 Å². The molecule has 0 aliphatic rings. The van der Waals surface area contributed by atoms with Crippen molar-refractivity contribution < 1.29 is 13.9 Å². The summed E-state index contributed by atoms with van der Waals surface area (Å²) in [7, 11) is 1.57. The molecule has 5 heteroatoms. The van der Waals surface area contributed by atoms with E-state index in [-0.39, 0.29) is 12.5 Å². The Balaban J connectivity index is 1.87.